The molecule has 0 radical (unpaired) electrons. The van der Waals surface area contributed by atoms with E-state index in [2.05, 4.69) is 14.8 Å². The van der Waals surface area contributed by atoms with E-state index in [1.54, 1.807) is 0 Å². The molecule has 0 atom stereocenters. The predicted octanol–water partition coefficient (Wildman–Crippen LogP) is 2.23. The molecule has 1 rings (SSSR count). The third-order valence-electron chi connectivity index (χ3n) is 2.28. The van der Waals surface area contributed by atoms with Gasteiger partial charge >= 0.3 is 11.9 Å². The maximum absolute atomic E-state index is 11.6. The Balaban J connectivity index is 3.27. The van der Waals surface area contributed by atoms with Gasteiger partial charge in [0.25, 0.3) is 5.78 Å². The number of hydrogen-bond acceptors (Lipinski definition) is 5. The highest BCUT2D eigenvalue weighted by molar-refractivity contribution is 6.47. The fraction of sp³-hybridized carbons (Fsp3) is 0.154. The van der Waals surface area contributed by atoms with Crippen molar-refractivity contribution in [3.63, 3.8) is 0 Å². The Morgan fingerprint density at radius 3 is 2.71 bits per heavy atom. The van der Waals surface area contributed by atoms with Crippen LogP contribution in [-0.2, 0) is 19.1 Å². The van der Waals surface area contributed by atoms with E-state index >= 15 is 0 Å². The van der Waals surface area contributed by atoms with Gasteiger partial charge in [0.2, 0.25) is 0 Å². The highest BCUT2D eigenvalue weighted by atomic mass is 16.5. The molecule has 0 aliphatic heterocycles. The van der Waals surface area contributed by atoms with Gasteiger partial charge in [-0.1, -0.05) is 23.3 Å². The Morgan fingerprint density at radius 2 is 2.14 bits per heavy atom. The summed E-state index contributed by atoms with van der Waals surface area (Å²) in [4.78, 5) is 36.5. The molecular weight excluding hydrogens is 278 g/mol. The van der Waals surface area contributed by atoms with Crippen molar-refractivity contribution in [1.29, 1.82) is 0 Å². The molecule has 0 aromatic heterocycles. The zero-order valence-corrected chi connectivity index (χ0v) is 11.0. The lowest BCUT2D eigenvalue weighted by molar-refractivity contribution is -0.150. The van der Waals surface area contributed by atoms with Crippen LogP contribution in [0, 0.1) is 0 Å². The van der Waals surface area contributed by atoms with Gasteiger partial charge in [-0.15, -0.1) is 0 Å². The monoisotopic (exact) mass is 289 g/mol. The van der Waals surface area contributed by atoms with Gasteiger partial charge in [0.1, 0.15) is 5.57 Å². The number of rotatable bonds is 6. The van der Waals surface area contributed by atoms with Crippen LogP contribution >= 0.6 is 0 Å². The summed E-state index contributed by atoms with van der Waals surface area (Å²) < 4.78 is 4.65. The summed E-state index contributed by atoms with van der Waals surface area (Å²) in [6.07, 6.45) is 1.07. The number of benzene rings is 1. The minimum atomic E-state index is -1.76. The van der Waals surface area contributed by atoms with Crippen molar-refractivity contribution in [2.45, 2.75) is 6.92 Å². The van der Waals surface area contributed by atoms with Gasteiger partial charge in [-0.25, -0.2) is 9.59 Å². The Morgan fingerprint density at radius 1 is 1.43 bits per heavy atom. The number of carboxylic acid groups (broad SMARTS) is 1. The Bertz CT molecular complexity index is 660. The van der Waals surface area contributed by atoms with Crippen LogP contribution in [0.3, 0.4) is 0 Å². The van der Waals surface area contributed by atoms with Gasteiger partial charge in [0.05, 0.1) is 6.61 Å². The van der Waals surface area contributed by atoms with Gasteiger partial charge in [-0.05, 0) is 30.2 Å². The van der Waals surface area contributed by atoms with E-state index in [-0.39, 0.29) is 12.3 Å². The molecule has 21 heavy (non-hydrogen) atoms. The van der Waals surface area contributed by atoms with Crippen LogP contribution in [0.25, 0.3) is 16.5 Å². The zero-order valence-electron chi connectivity index (χ0n) is 11.0. The average molecular weight is 289 g/mol. The quantitative estimate of drug-likeness (QED) is 0.125. The third-order valence-corrected chi connectivity index (χ3v) is 2.28. The lowest BCUT2D eigenvalue weighted by atomic mass is 10.1. The average Bonchev–Trinajstić information content (AvgIpc) is 2.45. The number of nitrogens with zero attached hydrogens (tertiary/aromatic N) is 3. The summed E-state index contributed by atoms with van der Waals surface area (Å²) in [7, 11) is 0. The highest BCUT2D eigenvalue weighted by Gasteiger charge is 2.25. The number of Topliss-reactive ketones (excluding diaryl/α,β-unsaturated/α-hetero) is 1. The molecule has 0 aliphatic carbocycles. The van der Waals surface area contributed by atoms with Gasteiger partial charge in [0.15, 0.2) is 0 Å². The first kappa shape index (κ1) is 15.9. The summed E-state index contributed by atoms with van der Waals surface area (Å²) in [5, 5.41) is 12.1. The number of carbonyl (C=O) groups is 3. The van der Waals surface area contributed by atoms with Crippen LogP contribution in [-0.4, -0.2) is 29.4 Å². The molecule has 0 saturated carbocycles. The minimum Gasteiger partial charge on any atom is -0.475 e. The number of aliphatic carboxylic acids is 1. The Hall–Kier alpha value is -3.12. The topological polar surface area (TPSA) is 129 Å². The largest absolute Gasteiger partial charge is 0.475 e. The fourth-order valence-corrected chi connectivity index (χ4v) is 1.44. The first-order chi connectivity index (χ1) is 9.99. The summed E-state index contributed by atoms with van der Waals surface area (Å²) in [5.41, 5.74) is 8.33. The van der Waals surface area contributed by atoms with Crippen molar-refractivity contribution in [3.05, 3.63) is 45.8 Å². The standard InChI is InChI=1S/C13H11N3O5/c1-2-21-13(20)10(11(17)12(18)19)7-8-4-3-5-9(6-8)15-16-14/h3-7H,2H2,1H3,(H,18,19). The van der Waals surface area contributed by atoms with Crippen molar-refractivity contribution in [1.82, 2.24) is 0 Å². The second kappa shape index (κ2) is 7.46. The molecule has 0 unspecified atom stereocenters. The van der Waals surface area contributed by atoms with E-state index in [0.717, 1.165) is 6.08 Å². The lowest BCUT2D eigenvalue weighted by Crippen LogP contribution is -2.22. The van der Waals surface area contributed by atoms with Gasteiger partial charge < -0.3 is 9.84 Å². The predicted molar refractivity (Wildman–Crippen MR) is 72.5 cm³/mol. The molecule has 8 heteroatoms. The zero-order chi connectivity index (χ0) is 15.8. The molecule has 108 valence electrons. The van der Waals surface area contributed by atoms with Crippen molar-refractivity contribution in [2.24, 2.45) is 5.11 Å². The fourth-order valence-electron chi connectivity index (χ4n) is 1.44. The van der Waals surface area contributed by atoms with Gasteiger partial charge in [0, 0.05) is 10.6 Å². The van der Waals surface area contributed by atoms with Crippen LogP contribution < -0.4 is 0 Å². The molecule has 0 bridgehead atoms. The summed E-state index contributed by atoms with van der Waals surface area (Å²) in [6, 6.07) is 5.96. The molecule has 0 heterocycles. The number of carbonyl (C=O) groups excluding carboxylic acids is 2. The number of esters is 1. The normalized spacial score (nSPS) is 10.4. The first-order valence-corrected chi connectivity index (χ1v) is 5.81. The van der Waals surface area contributed by atoms with E-state index in [0.29, 0.717) is 5.56 Å². The minimum absolute atomic E-state index is 0.00182. The molecule has 0 aliphatic rings. The van der Waals surface area contributed by atoms with E-state index in [1.807, 2.05) is 0 Å². The second-order valence-electron chi connectivity index (χ2n) is 3.70. The van der Waals surface area contributed by atoms with E-state index in [1.165, 1.54) is 31.2 Å². The maximum atomic E-state index is 11.6. The highest BCUT2D eigenvalue weighted by Crippen LogP contribution is 2.17. The first-order valence-electron chi connectivity index (χ1n) is 5.81. The number of ether oxygens (including phenoxy) is 1. The summed E-state index contributed by atoms with van der Waals surface area (Å²) >= 11 is 0. The van der Waals surface area contributed by atoms with Crippen LogP contribution in [0.1, 0.15) is 12.5 Å². The number of ketones is 1. The van der Waals surface area contributed by atoms with Crippen molar-refractivity contribution >= 4 is 29.5 Å². The molecular formula is C13H11N3O5. The third kappa shape index (κ3) is 4.48. The van der Waals surface area contributed by atoms with E-state index in [4.69, 9.17) is 10.6 Å². The van der Waals surface area contributed by atoms with Crippen LogP contribution in [0.4, 0.5) is 5.69 Å². The summed E-state index contributed by atoms with van der Waals surface area (Å²) in [5.74, 6) is -4.16. The molecule has 0 spiro atoms. The van der Waals surface area contributed by atoms with Gasteiger partial charge in [-0.3, -0.25) is 4.79 Å². The molecule has 1 aromatic carbocycles. The molecule has 0 amide bonds. The molecule has 0 saturated heterocycles. The van der Waals surface area contributed by atoms with Crippen molar-refractivity contribution in [2.75, 3.05) is 6.61 Å². The maximum Gasteiger partial charge on any atom is 0.377 e. The van der Waals surface area contributed by atoms with Gasteiger partial charge in [-0.2, -0.15) is 0 Å². The van der Waals surface area contributed by atoms with Crippen molar-refractivity contribution in [3.8, 4) is 0 Å². The Kier molecular flexibility index (Phi) is 5.66. The molecule has 0 fully saturated rings. The SMILES string of the molecule is CCOC(=O)C(=Cc1cccc(N=[N+]=[N-])c1)C(=O)C(=O)O. The summed E-state index contributed by atoms with van der Waals surface area (Å²) in [6.45, 7) is 1.53. The number of carboxylic acids is 1. The van der Waals surface area contributed by atoms with Crippen LogP contribution in [0.2, 0.25) is 0 Å². The molecule has 1 N–H and O–H groups in total. The van der Waals surface area contributed by atoms with Crippen molar-refractivity contribution < 1.29 is 24.2 Å². The lowest BCUT2D eigenvalue weighted by Gasteiger charge is -2.04. The molecule has 8 nitrogen and oxygen atoms in total. The van der Waals surface area contributed by atoms with Crippen LogP contribution in [0.15, 0.2) is 35.0 Å². The number of azide groups is 1. The Labute approximate surface area is 119 Å². The smallest absolute Gasteiger partial charge is 0.377 e. The number of hydrogen-bond donors (Lipinski definition) is 1. The van der Waals surface area contributed by atoms with Crippen LogP contribution in [0.5, 0.6) is 0 Å². The van der Waals surface area contributed by atoms with E-state index < -0.39 is 23.3 Å². The molecule has 1 aromatic rings. The van der Waals surface area contributed by atoms with E-state index in [9.17, 15) is 14.4 Å². The second-order valence-corrected chi connectivity index (χ2v) is 3.70.